The van der Waals surface area contributed by atoms with Crippen LogP contribution < -0.4 is 5.32 Å². The Morgan fingerprint density at radius 3 is 2.62 bits per heavy atom. The molecule has 1 amide bonds. The van der Waals surface area contributed by atoms with Crippen LogP contribution >= 0.6 is 0 Å². The molecule has 0 bridgehead atoms. The number of hydrogen-bond acceptors (Lipinski definition) is 6. The van der Waals surface area contributed by atoms with Crippen LogP contribution in [-0.2, 0) is 11.2 Å². The van der Waals surface area contributed by atoms with Crippen LogP contribution in [0, 0.1) is 0 Å². The number of aromatic nitrogens is 3. The number of oxazole rings is 1. The van der Waals surface area contributed by atoms with Crippen molar-refractivity contribution in [2.45, 2.75) is 6.42 Å². The van der Waals surface area contributed by atoms with Gasteiger partial charge in [-0.1, -0.05) is 24.3 Å². The van der Waals surface area contributed by atoms with Gasteiger partial charge in [-0.05, 0) is 30.3 Å². The molecule has 26 heavy (non-hydrogen) atoms. The minimum absolute atomic E-state index is 0.112. The van der Waals surface area contributed by atoms with Gasteiger partial charge >= 0.3 is 0 Å². The summed E-state index contributed by atoms with van der Waals surface area (Å²) in [5, 5.41) is 10.3. The van der Waals surface area contributed by atoms with Crippen LogP contribution in [-0.4, -0.2) is 21.1 Å². The third-order valence-corrected chi connectivity index (χ3v) is 3.67. The highest BCUT2D eigenvalue weighted by molar-refractivity contribution is 5.92. The Balaban J connectivity index is 1.43. The number of amides is 1. The van der Waals surface area contributed by atoms with E-state index in [1.165, 1.54) is 12.7 Å². The second-order valence-electron chi connectivity index (χ2n) is 5.56. The fraction of sp³-hybridized carbons (Fsp3) is 0.0526. The van der Waals surface area contributed by atoms with Crippen molar-refractivity contribution >= 4 is 11.6 Å². The van der Waals surface area contributed by atoms with Crippen LogP contribution in [0.25, 0.3) is 22.9 Å². The average Bonchev–Trinajstić information content (AvgIpc) is 3.35. The number of carbonyl (C=O) groups is 1. The summed E-state index contributed by atoms with van der Waals surface area (Å²) in [5.74, 6) is 0.692. The molecule has 0 saturated carbocycles. The van der Waals surface area contributed by atoms with Crippen LogP contribution in [0.15, 0.2) is 76.1 Å². The van der Waals surface area contributed by atoms with E-state index >= 15 is 0 Å². The van der Waals surface area contributed by atoms with Crippen LogP contribution in [0.1, 0.15) is 5.69 Å². The summed E-state index contributed by atoms with van der Waals surface area (Å²) in [6.07, 6.45) is 2.87. The molecule has 7 heteroatoms. The molecule has 2 aromatic heterocycles. The van der Waals surface area contributed by atoms with E-state index in [0.29, 0.717) is 23.2 Å². The van der Waals surface area contributed by atoms with Crippen molar-refractivity contribution in [1.82, 2.24) is 15.2 Å². The molecule has 0 fully saturated rings. The van der Waals surface area contributed by atoms with Gasteiger partial charge in [0.05, 0.1) is 12.1 Å². The molecule has 2 aromatic carbocycles. The highest BCUT2D eigenvalue weighted by Crippen LogP contribution is 2.21. The van der Waals surface area contributed by atoms with Gasteiger partial charge in [-0.25, -0.2) is 4.98 Å². The van der Waals surface area contributed by atoms with Gasteiger partial charge in [0, 0.05) is 16.8 Å². The maximum atomic E-state index is 12.3. The van der Waals surface area contributed by atoms with Gasteiger partial charge in [0.1, 0.15) is 6.26 Å². The summed E-state index contributed by atoms with van der Waals surface area (Å²) in [5.41, 5.74) is 2.80. The molecule has 0 atom stereocenters. The Morgan fingerprint density at radius 1 is 0.962 bits per heavy atom. The molecule has 0 aliphatic rings. The average molecular weight is 346 g/mol. The molecule has 4 rings (SSSR count). The van der Waals surface area contributed by atoms with E-state index < -0.39 is 0 Å². The first-order valence-corrected chi connectivity index (χ1v) is 7.94. The second-order valence-corrected chi connectivity index (χ2v) is 5.56. The maximum absolute atomic E-state index is 12.3. The van der Waals surface area contributed by atoms with Gasteiger partial charge in [0.15, 0.2) is 0 Å². The van der Waals surface area contributed by atoms with Gasteiger partial charge < -0.3 is 14.2 Å². The van der Waals surface area contributed by atoms with Gasteiger partial charge in [-0.15, -0.1) is 10.2 Å². The van der Waals surface area contributed by atoms with Crippen molar-refractivity contribution in [3.63, 3.8) is 0 Å². The molecular weight excluding hydrogens is 332 g/mol. The summed E-state index contributed by atoms with van der Waals surface area (Å²) in [7, 11) is 0. The molecule has 0 unspecified atom stereocenters. The zero-order chi connectivity index (χ0) is 17.8. The van der Waals surface area contributed by atoms with E-state index in [2.05, 4.69) is 20.5 Å². The molecule has 128 valence electrons. The number of rotatable bonds is 5. The molecule has 0 saturated heterocycles. The number of carbonyl (C=O) groups excluding carboxylic acids is 1. The predicted molar refractivity (Wildman–Crippen MR) is 94.0 cm³/mol. The molecule has 7 nitrogen and oxygen atoms in total. The molecule has 0 spiro atoms. The SMILES string of the molecule is O=C(Cc1coc(-c2ccccc2)n1)Nc1cccc(-c2nnco2)c1. The zero-order valence-electron chi connectivity index (χ0n) is 13.6. The van der Waals surface area contributed by atoms with Gasteiger partial charge in [-0.3, -0.25) is 4.79 Å². The topological polar surface area (TPSA) is 94.1 Å². The largest absolute Gasteiger partial charge is 0.444 e. The standard InChI is InChI=1S/C19H14N4O3/c24-17(10-16-11-25-18(22-16)13-5-2-1-3-6-13)21-15-8-4-7-14(9-15)19-23-20-12-26-19/h1-9,11-12H,10H2,(H,21,24). The zero-order valence-corrected chi connectivity index (χ0v) is 13.6. The third-order valence-electron chi connectivity index (χ3n) is 3.67. The number of nitrogens with zero attached hydrogens (tertiary/aromatic N) is 3. The Hall–Kier alpha value is -3.74. The van der Waals surface area contributed by atoms with Crippen LogP contribution in [0.2, 0.25) is 0 Å². The monoisotopic (exact) mass is 346 g/mol. The van der Waals surface area contributed by atoms with E-state index in [4.69, 9.17) is 8.83 Å². The quantitative estimate of drug-likeness (QED) is 0.594. The molecule has 0 aliphatic heterocycles. The smallest absolute Gasteiger partial charge is 0.247 e. The lowest BCUT2D eigenvalue weighted by atomic mass is 10.2. The Kier molecular flexibility index (Phi) is 4.26. The summed E-state index contributed by atoms with van der Waals surface area (Å²) in [6.45, 7) is 0. The molecule has 0 aliphatic carbocycles. The Labute approximate surface area is 148 Å². The van der Waals surface area contributed by atoms with Crippen LogP contribution in [0.4, 0.5) is 5.69 Å². The minimum Gasteiger partial charge on any atom is -0.444 e. The van der Waals surface area contributed by atoms with E-state index in [0.717, 1.165) is 11.1 Å². The van der Waals surface area contributed by atoms with Crippen LogP contribution in [0.3, 0.4) is 0 Å². The van der Waals surface area contributed by atoms with E-state index in [1.807, 2.05) is 36.4 Å². The lowest BCUT2D eigenvalue weighted by molar-refractivity contribution is -0.115. The van der Waals surface area contributed by atoms with E-state index in [1.54, 1.807) is 18.2 Å². The first-order valence-electron chi connectivity index (χ1n) is 7.94. The normalized spacial score (nSPS) is 10.6. The van der Waals surface area contributed by atoms with Gasteiger partial charge in [0.25, 0.3) is 0 Å². The lowest BCUT2D eigenvalue weighted by Crippen LogP contribution is -2.14. The first kappa shape index (κ1) is 15.8. The highest BCUT2D eigenvalue weighted by atomic mass is 16.4. The second kappa shape index (κ2) is 7.02. The number of benzene rings is 2. The molecule has 1 N–H and O–H groups in total. The van der Waals surface area contributed by atoms with Crippen molar-refractivity contribution in [3.05, 3.63) is 72.9 Å². The van der Waals surface area contributed by atoms with Crippen molar-refractivity contribution in [1.29, 1.82) is 0 Å². The minimum atomic E-state index is -0.194. The molecule has 4 aromatic rings. The summed E-state index contributed by atoms with van der Waals surface area (Å²) in [6, 6.07) is 16.7. The van der Waals surface area contributed by atoms with Crippen molar-refractivity contribution < 1.29 is 13.6 Å². The molecule has 0 radical (unpaired) electrons. The predicted octanol–water partition coefficient (Wildman–Crippen LogP) is 3.57. The third kappa shape index (κ3) is 3.51. The lowest BCUT2D eigenvalue weighted by Gasteiger charge is -2.05. The van der Waals surface area contributed by atoms with E-state index in [9.17, 15) is 4.79 Å². The van der Waals surface area contributed by atoms with Crippen LogP contribution in [0.5, 0.6) is 0 Å². The maximum Gasteiger partial charge on any atom is 0.247 e. The van der Waals surface area contributed by atoms with Gasteiger partial charge in [0.2, 0.25) is 24.1 Å². The van der Waals surface area contributed by atoms with Crippen molar-refractivity contribution in [2.24, 2.45) is 0 Å². The summed E-state index contributed by atoms with van der Waals surface area (Å²) < 4.78 is 10.6. The molecule has 2 heterocycles. The number of anilines is 1. The fourth-order valence-electron chi connectivity index (χ4n) is 2.50. The molecular formula is C19H14N4O3. The van der Waals surface area contributed by atoms with Crippen molar-refractivity contribution in [3.8, 4) is 22.9 Å². The fourth-order valence-corrected chi connectivity index (χ4v) is 2.50. The van der Waals surface area contributed by atoms with Gasteiger partial charge in [-0.2, -0.15) is 0 Å². The first-order chi connectivity index (χ1) is 12.8. The van der Waals surface area contributed by atoms with Crippen molar-refractivity contribution in [2.75, 3.05) is 5.32 Å². The summed E-state index contributed by atoms with van der Waals surface area (Å²) in [4.78, 5) is 16.6. The highest BCUT2D eigenvalue weighted by Gasteiger charge is 2.11. The Morgan fingerprint density at radius 2 is 1.81 bits per heavy atom. The Bertz CT molecular complexity index is 1010. The number of hydrogen-bond donors (Lipinski definition) is 1. The number of nitrogens with one attached hydrogen (secondary N) is 1. The van der Waals surface area contributed by atoms with E-state index in [-0.39, 0.29) is 12.3 Å². The summed E-state index contributed by atoms with van der Waals surface area (Å²) >= 11 is 0.